The van der Waals surface area contributed by atoms with Crippen molar-refractivity contribution in [2.24, 2.45) is 4.99 Å². The van der Waals surface area contributed by atoms with E-state index >= 15 is 0 Å². The van der Waals surface area contributed by atoms with Crippen LogP contribution in [0.15, 0.2) is 65.7 Å². The third kappa shape index (κ3) is 11.5. The lowest BCUT2D eigenvalue weighted by atomic mass is 10.0. The number of aliphatic hydroxyl groups is 1. The Hall–Kier alpha value is -4.47. The minimum absolute atomic E-state index is 0.0915. The topological polar surface area (TPSA) is 166 Å². The second-order valence-corrected chi connectivity index (χ2v) is 20.3. The second-order valence-electron chi connectivity index (χ2n) is 14.9. The molecule has 2 aromatic carbocycles. The van der Waals surface area contributed by atoms with Crippen LogP contribution in [0, 0.1) is 0 Å². The number of carbonyl (C=O) groups excluding carboxylic acids is 4. The second kappa shape index (κ2) is 19.0. The van der Waals surface area contributed by atoms with Crippen LogP contribution in [0.1, 0.15) is 73.4 Å². The van der Waals surface area contributed by atoms with E-state index in [1.165, 1.54) is 4.90 Å². The Morgan fingerprint density at radius 1 is 0.868 bits per heavy atom. The van der Waals surface area contributed by atoms with Crippen LogP contribution in [-0.4, -0.2) is 97.6 Å². The summed E-state index contributed by atoms with van der Waals surface area (Å²) < 4.78 is 28.4. The van der Waals surface area contributed by atoms with Gasteiger partial charge in [0.1, 0.15) is 31.6 Å². The molecule has 1 fully saturated rings. The number of nitrogens with one attached hydrogen (secondary N) is 1. The van der Waals surface area contributed by atoms with Crippen LogP contribution in [0.4, 0.5) is 14.4 Å². The average molecular weight is 757 g/mol. The molecule has 14 nitrogen and oxygen atoms in total. The SMILES string of the molecule is COC(=O)[C@H](NC(=O)OC(C)(C)C)[C@@H](O)[C@@H]1CN(C(=O)OCc2ccccc2)/C(=N/C(=O)OCc2ccccc2)N1CO[Si](C(C)C)(C(C)C)C(C)C. The predicted molar refractivity (Wildman–Crippen MR) is 201 cm³/mol. The number of aliphatic hydroxyl groups excluding tert-OH is 1. The molecule has 3 amide bonds. The molecule has 15 heteroatoms. The van der Waals surface area contributed by atoms with Gasteiger partial charge in [-0.3, -0.25) is 0 Å². The van der Waals surface area contributed by atoms with Gasteiger partial charge in [-0.05, 0) is 48.5 Å². The Bertz CT molecular complexity index is 1530. The summed E-state index contributed by atoms with van der Waals surface area (Å²) in [6.07, 6.45) is -4.60. The fourth-order valence-electron chi connectivity index (χ4n) is 6.78. The largest absolute Gasteiger partial charge is 0.467 e. The van der Waals surface area contributed by atoms with E-state index in [4.69, 9.17) is 23.4 Å². The Kier molecular flexibility index (Phi) is 15.4. The maximum atomic E-state index is 13.9. The maximum absolute atomic E-state index is 13.9. The van der Waals surface area contributed by atoms with E-state index in [-0.39, 0.29) is 49.1 Å². The van der Waals surface area contributed by atoms with Crippen molar-refractivity contribution in [3.63, 3.8) is 0 Å². The lowest BCUT2D eigenvalue weighted by Gasteiger charge is -2.44. The molecule has 53 heavy (non-hydrogen) atoms. The van der Waals surface area contributed by atoms with Gasteiger partial charge in [0.05, 0.1) is 19.7 Å². The van der Waals surface area contributed by atoms with Crippen molar-refractivity contribution >= 4 is 38.5 Å². The van der Waals surface area contributed by atoms with Crippen molar-refractivity contribution in [3.05, 3.63) is 71.8 Å². The zero-order valence-electron chi connectivity index (χ0n) is 32.5. The number of esters is 1. The molecule has 292 valence electrons. The van der Waals surface area contributed by atoms with Crippen molar-refractivity contribution in [1.82, 2.24) is 15.1 Å². The van der Waals surface area contributed by atoms with Gasteiger partial charge in [-0.25, -0.2) is 24.1 Å². The monoisotopic (exact) mass is 756 g/mol. The van der Waals surface area contributed by atoms with Gasteiger partial charge in [0.2, 0.25) is 14.3 Å². The molecule has 2 N–H and O–H groups in total. The minimum atomic E-state index is -2.62. The summed E-state index contributed by atoms with van der Waals surface area (Å²) in [6, 6.07) is 15.2. The van der Waals surface area contributed by atoms with E-state index < -0.39 is 56.4 Å². The van der Waals surface area contributed by atoms with Gasteiger partial charge in [0.15, 0.2) is 6.04 Å². The highest BCUT2D eigenvalue weighted by atomic mass is 28.4. The first-order valence-electron chi connectivity index (χ1n) is 17.8. The molecule has 1 saturated heterocycles. The van der Waals surface area contributed by atoms with Crippen LogP contribution in [0.5, 0.6) is 0 Å². The zero-order chi connectivity index (χ0) is 39.5. The highest BCUT2D eigenvalue weighted by Crippen LogP contribution is 2.42. The van der Waals surface area contributed by atoms with E-state index in [1.807, 2.05) is 12.1 Å². The van der Waals surface area contributed by atoms with E-state index in [0.29, 0.717) is 5.56 Å². The number of hydrogen-bond acceptors (Lipinski definition) is 10. The van der Waals surface area contributed by atoms with Crippen LogP contribution in [0.3, 0.4) is 0 Å². The summed E-state index contributed by atoms with van der Waals surface area (Å²) >= 11 is 0. The number of ether oxygens (including phenoxy) is 4. The predicted octanol–water partition coefficient (Wildman–Crippen LogP) is 6.58. The van der Waals surface area contributed by atoms with Crippen LogP contribution >= 0.6 is 0 Å². The lowest BCUT2D eigenvalue weighted by molar-refractivity contribution is -0.147. The lowest BCUT2D eigenvalue weighted by Crippen LogP contribution is -2.59. The van der Waals surface area contributed by atoms with Gasteiger partial charge in [-0.15, -0.1) is 4.99 Å². The quantitative estimate of drug-likeness (QED) is 0.122. The molecule has 1 aliphatic heterocycles. The molecule has 0 spiro atoms. The van der Waals surface area contributed by atoms with Gasteiger partial charge >= 0.3 is 24.2 Å². The molecule has 0 aromatic heterocycles. The van der Waals surface area contributed by atoms with Crippen molar-refractivity contribution < 1.29 is 47.7 Å². The molecule has 0 bridgehead atoms. The summed E-state index contributed by atoms with van der Waals surface area (Å²) in [5, 5.41) is 14.4. The smallest absolute Gasteiger partial charge is 0.437 e. The van der Waals surface area contributed by atoms with E-state index in [1.54, 1.807) is 69.3 Å². The van der Waals surface area contributed by atoms with Gasteiger partial charge < -0.3 is 38.7 Å². The first kappa shape index (κ1) is 42.9. The molecule has 0 unspecified atom stereocenters. The fraction of sp³-hybridized carbons (Fsp3) is 0.553. The summed E-state index contributed by atoms with van der Waals surface area (Å²) in [5.74, 6) is -1.18. The summed E-state index contributed by atoms with van der Waals surface area (Å²) in [4.78, 5) is 60.1. The Morgan fingerprint density at radius 2 is 1.38 bits per heavy atom. The van der Waals surface area contributed by atoms with Crippen LogP contribution in [-0.2, 0) is 41.4 Å². The normalized spacial score (nSPS) is 16.9. The third-order valence-electron chi connectivity index (χ3n) is 9.11. The number of carbonyl (C=O) groups is 4. The molecule has 2 aromatic rings. The number of alkyl carbamates (subject to hydrolysis) is 1. The summed E-state index contributed by atoms with van der Waals surface area (Å²) in [7, 11) is -1.50. The maximum Gasteiger partial charge on any atom is 0.437 e. The van der Waals surface area contributed by atoms with E-state index in [9.17, 15) is 24.3 Å². The molecular weight excluding hydrogens is 701 g/mol. The standard InChI is InChI=1S/C38H56N4O10Si/c1-25(2)53(26(3)4,27(5)6)51-24-42-30(32(43)31(33(44)48-10)39-36(46)52-38(7,8)9)21-41(37(47)50-23-29-19-15-12-16-20-29)34(42)40-35(45)49-22-28-17-13-11-14-18-28/h11-20,25-27,30-32,43H,21-24H2,1-10H3,(H,39,46)/b40-34-/t30-,31+,32-/m0/s1. The average Bonchev–Trinajstić information content (AvgIpc) is 3.45. The number of benzene rings is 2. The van der Waals surface area contributed by atoms with E-state index in [2.05, 4.69) is 51.9 Å². The van der Waals surface area contributed by atoms with Crippen LogP contribution < -0.4 is 5.32 Å². The van der Waals surface area contributed by atoms with Gasteiger partial charge in [0, 0.05) is 0 Å². The highest BCUT2D eigenvalue weighted by molar-refractivity contribution is 6.77. The third-order valence-corrected chi connectivity index (χ3v) is 15.2. The molecular formula is C38H56N4O10Si. The Morgan fingerprint density at radius 3 is 1.85 bits per heavy atom. The number of aliphatic imine (C=N–C) groups is 1. The van der Waals surface area contributed by atoms with Crippen molar-refractivity contribution in [3.8, 4) is 0 Å². The number of hydrogen-bond donors (Lipinski definition) is 2. The number of methoxy groups -OCH3 is 1. The highest BCUT2D eigenvalue weighted by Gasteiger charge is 2.51. The van der Waals surface area contributed by atoms with Crippen LogP contribution in [0.25, 0.3) is 0 Å². The van der Waals surface area contributed by atoms with Gasteiger partial charge in [-0.1, -0.05) is 102 Å². The fourth-order valence-corrected chi connectivity index (χ4v) is 12.1. The Labute approximate surface area is 313 Å². The number of amides is 3. The number of nitrogens with zero attached hydrogens (tertiary/aromatic N) is 3. The van der Waals surface area contributed by atoms with Crippen molar-refractivity contribution in [2.75, 3.05) is 20.4 Å². The molecule has 0 saturated carbocycles. The first-order valence-corrected chi connectivity index (χ1v) is 20.0. The zero-order valence-corrected chi connectivity index (χ0v) is 33.5. The Balaban J connectivity index is 2.12. The molecule has 0 aliphatic carbocycles. The molecule has 1 heterocycles. The van der Waals surface area contributed by atoms with Gasteiger partial charge in [-0.2, -0.15) is 0 Å². The van der Waals surface area contributed by atoms with Crippen molar-refractivity contribution in [1.29, 1.82) is 0 Å². The minimum Gasteiger partial charge on any atom is -0.467 e. The number of rotatable bonds is 14. The summed E-state index contributed by atoms with van der Waals surface area (Å²) in [6.45, 7) is 16.8. The van der Waals surface area contributed by atoms with Crippen molar-refractivity contribution in [2.45, 2.75) is 116 Å². The summed E-state index contributed by atoms with van der Waals surface area (Å²) in [5.41, 5.74) is 0.956. The van der Waals surface area contributed by atoms with E-state index in [0.717, 1.165) is 17.6 Å². The number of guanidine groups is 1. The molecule has 1 aliphatic rings. The molecule has 0 radical (unpaired) electrons. The first-order chi connectivity index (χ1) is 24.9. The van der Waals surface area contributed by atoms with Crippen LogP contribution in [0.2, 0.25) is 16.6 Å². The molecule has 3 rings (SSSR count). The van der Waals surface area contributed by atoms with Gasteiger partial charge in [0.25, 0.3) is 0 Å². The molecule has 3 atom stereocenters.